The van der Waals surface area contributed by atoms with Gasteiger partial charge < -0.3 is 9.26 Å². The number of pyridine rings is 1. The number of nitrogens with zero attached hydrogens (tertiary/aromatic N) is 5. The van der Waals surface area contributed by atoms with Crippen LogP contribution in [0.3, 0.4) is 0 Å². The maximum Gasteiger partial charge on any atom is 0.240 e. The molecule has 7 heteroatoms. The van der Waals surface area contributed by atoms with Crippen LogP contribution < -0.4 is 0 Å². The molecule has 0 bridgehead atoms. The Bertz CT molecular complexity index is 596. The Hall–Kier alpha value is -1.83. The second-order valence-corrected chi connectivity index (χ2v) is 5.78. The van der Waals surface area contributed by atoms with Gasteiger partial charge in [-0.25, -0.2) is 0 Å². The predicted molar refractivity (Wildman–Crippen MR) is 84.5 cm³/mol. The topological polar surface area (TPSA) is 67.5 Å². The molecule has 2 aromatic heterocycles. The van der Waals surface area contributed by atoms with Crippen LogP contribution in [-0.4, -0.2) is 58.2 Å². The smallest absolute Gasteiger partial charge is 0.240 e. The molecule has 0 unspecified atom stereocenters. The molecule has 0 aromatic carbocycles. The third-order valence-corrected chi connectivity index (χ3v) is 4.21. The van der Waals surface area contributed by atoms with E-state index in [1.165, 1.54) is 0 Å². The van der Waals surface area contributed by atoms with Crippen molar-refractivity contribution in [2.45, 2.75) is 26.1 Å². The fourth-order valence-corrected chi connectivity index (χ4v) is 2.85. The van der Waals surface area contributed by atoms with Gasteiger partial charge in [-0.2, -0.15) is 4.98 Å². The summed E-state index contributed by atoms with van der Waals surface area (Å²) in [5, 5.41) is 3.90. The van der Waals surface area contributed by atoms with Crippen LogP contribution >= 0.6 is 0 Å². The first-order chi connectivity index (χ1) is 11.3. The van der Waals surface area contributed by atoms with Gasteiger partial charge in [0.05, 0.1) is 12.2 Å². The Labute approximate surface area is 136 Å². The Morgan fingerprint density at radius 3 is 2.78 bits per heavy atom. The molecule has 2 aromatic rings. The van der Waals surface area contributed by atoms with Crippen LogP contribution in [0, 0.1) is 0 Å². The number of rotatable bonds is 6. The zero-order valence-corrected chi connectivity index (χ0v) is 13.7. The minimum Gasteiger partial charge on any atom is -0.377 e. The highest BCUT2D eigenvalue weighted by Gasteiger charge is 2.23. The summed E-state index contributed by atoms with van der Waals surface area (Å²) in [7, 11) is 1.62. The average molecular weight is 317 g/mol. The van der Waals surface area contributed by atoms with Gasteiger partial charge in [0.25, 0.3) is 0 Å². The van der Waals surface area contributed by atoms with Gasteiger partial charge in [0.15, 0.2) is 5.82 Å². The molecule has 1 fully saturated rings. The fourth-order valence-electron chi connectivity index (χ4n) is 2.85. The molecule has 3 heterocycles. The Morgan fingerprint density at radius 1 is 1.26 bits per heavy atom. The minimum atomic E-state index is 0.343. The minimum absolute atomic E-state index is 0.343. The van der Waals surface area contributed by atoms with Crippen molar-refractivity contribution in [2.24, 2.45) is 0 Å². The molecule has 1 atom stereocenters. The average Bonchev–Trinajstić information content (AvgIpc) is 3.03. The molecule has 23 heavy (non-hydrogen) atoms. The highest BCUT2D eigenvalue weighted by Crippen LogP contribution is 2.20. The summed E-state index contributed by atoms with van der Waals surface area (Å²) >= 11 is 0. The molecule has 0 amide bonds. The van der Waals surface area contributed by atoms with Crippen molar-refractivity contribution in [2.75, 3.05) is 33.3 Å². The summed E-state index contributed by atoms with van der Waals surface area (Å²) in [5.74, 6) is 1.26. The van der Waals surface area contributed by atoms with E-state index in [4.69, 9.17) is 9.26 Å². The normalized spacial score (nSPS) is 18.2. The number of hydrogen-bond donors (Lipinski definition) is 0. The van der Waals surface area contributed by atoms with Gasteiger partial charge in [-0.15, -0.1) is 0 Å². The molecule has 1 saturated heterocycles. The van der Waals surface area contributed by atoms with Crippen LogP contribution in [-0.2, 0) is 17.9 Å². The maximum absolute atomic E-state index is 5.26. The molecule has 0 aliphatic carbocycles. The van der Waals surface area contributed by atoms with E-state index < -0.39 is 0 Å². The van der Waals surface area contributed by atoms with Gasteiger partial charge >= 0.3 is 0 Å². The van der Waals surface area contributed by atoms with Gasteiger partial charge in [-0.3, -0.25) is 14.8 Å². The summed E-state index contributed by atoms with van der Waals surface area (Å²) in [4.78, 5) is 13.6. The van der Waals surface area contributed by atoms with Crippen molar-refractivity contribution in [1.82, 2.24) is 24.9 Å². The third-order valence-electron chi connectivity index (χ3n) is 4.21. The monoisotopic (exact) mass is 317 g/mol. The first-order valence-corrected chi connectivity index (χ1v) is 7.94. The van der Waals surface area contributed by atoms with E-state index in [-0.39, 0.29) is 0 Å². The summed E-state index contributed by atoms with van der Waals surface area (Å²) in [6.07, 6.45) is 1.86. The molecule has 0 spiro atoms. The van der Waals surface area contributed by atoms with Gasteiger partial charge in [0, 0.05) is 45.5 Å². The first kappa shape index (κ1) is 16.0. The molecular weight excluding hydrogens is 294 g/mol. The van der Waals surface area contributed by atoms with Crippen molar-refractivity contribution in [3.05, 3.63) is 41.8 Å². The predicted octanol–water partition coefficient (Wildman–Crippen LogP) is 1.49. The lowest BCUT2D eigenvalue weighted by molar-refractivity contribution is 0.0891. The van der Waals surface area contributed by atoms with Crippen molar-refractivity contribution in [3.63, 3.8) is 0 Å². The molecule has 0 saturated carbocycles. The lowest BCUT2D eigenvalue weighted by Crippen LogP contribution is -2.46. The lowest BCUT2D eigenvalue weighted by Gasteiger charge is -2.37. The second-order valence-electron chi connectivity index (χ2n) is 5.78. The van der Waals surface area contributed by atoms with E-state index in [2.05, 4.69) is 37.9 Å². The van der Waals surface area contributed by atoms with Crippen molar-refractivity contribution in [3.8, 4) is 0 Å². The highest BCUT2D eigenvalue weighted by atomic mass is 16.5. The molecule has 1 aliphatic heterocycles. The number of methoxy groups -OCH3 is 1. The van der Waals surface area contributed by atoms with Crippen LogP contribution in [0.15, 0.2) is 28.9 Å². The highest BCUT2D eigenvalue weighted by molar-refractivity contribution is 5.08. The zero-order chi connectivity index (χ0) is 16.1. The van der Waals surface area contributed by atoms with Gasteiger partial charge in [0.1, 0.15) is 6.61 Å². The zero-order valence-electron chi connectivity index (χ0n) is 13.7. The Kier molecular flexibility index (Phi) is 5.32. The summed E-state index contributed by atoms with van der Waals surface area (Å²) < 4.78 is 10.3. The largest absolute Gasteiger partial charge is 0.377 e. The summed E-state index contributed by atoms with van der Waals surface area (Å²) in [6.45, 7) is 7.29. The van der Waals surface area contributed by atoms with Gasteiger partial charge in [-0.05, 0) is 19.1 Å². The van der Waals surface area contributed by atoms with Crippen LogP contribution in [0.5, 0.6) is 0 Å². The number of hydrogen-bond acceptors (Lipinski definition) is 7. The summed E-state index contributed by atoms with van der Waals surface area (Å²) in [6, 6.07) is 6.43. The van der Waals surface area contributed by atoms with Crippen molar-refractivity contribution >= 4 is 0 Å². The van der Waals surface area contributed by atoms with E-state index in [1.54, 1.807) is 7.11 Å². The van der Waals surface area contributed by atoms with Crippen molar-refractivity contribution < 1.29 is 9.26 Å². The van der Waals surface area contributed by atoms with E-state index in [0.717, 1.165) is 31.9 Å². The SMILES string of the molecule is COCc1noc(CN2CCN([C@@H](C)c3ccccn3)CC2)n1. The lowest BCUT2D eigenvalue weighted by atomic mass is 10.1. The maximum atomic E-state index is 5.26. The van der Waals surface area contributed by atoms with E-state index in [0.29, 0.717) is 30.9 Å². The quantitative estimate of drug-likeness (QED) is 0.799. The second kappa shape index (κ2) is 7.63. The number of aromatic nitrogens is 3. The summed E-state index contributed by atoms with van der Waals surface area (Å²) in [5.41, 5.74) is 1.13. The van der Waals surface area contributed by atoms with Crippen LogP contribution in [0.2, 0.25) is 0 Å². The van der Waals surface area contributed by atoms with E-state index in [9.17, 15) is 0 Å². The molecule has 124 valence electrons. The molecule has 3 rings (SSSR count). The molecule has 0 N–H and O–H groups in total. The van der Waals surface area contributed by atoms with Crippen molar-refractivity contribution in [1.29, 1.82) is 0 Å². The van der Waals surface area contributed by atoms with Crippen LogP contribution in [0.25, 0.3) is 0 Å². The van der Waals surface area contributed by atoms with E-state index in [1.807, 2.05) is 18.3 Å². The molecule has 7 nitrogen and oxygen atoms in total. The molecular formula is C16H23N5O2. The number of piperazine rings is 1. The third kappa shape index (κ3) is 4.13. The van der Waals surface area contributed by atoms with Gasteiger partial charge in [0.2, 0.25) is 5.89 Å². The molecule has 1 aliphatic rings. The van der Waals surface area contributed by atoms with Crippen LogP contribution in [0.1, 0.15) is 30.4 Å². The van der Waals surface area contributed by atoms with Gasteiger partial charge in [-0.1, -0.05) is 11.2 Å². The Morgan fingerprint density at radius 2 is 2.09 bits per heavy atom. The molecule has 0 radical (unpaired) electrons. The van der Waals surface area contributed by atoms with E-state index >= 15 is 0 Å². The van der Waals surface area contributed by atoms with Crippen LogP contribution in [0.4, 0.5) is 0 Å². The Balaban J connectivity index is 1.50. The first-order valence-electron chi connectivity index (χ1n) is 7.94. The number of ether oxygens (including phenoxy) is 1. The fraction of sp³-hybridized carbons (Fsp3) is 0.562. The standard InChI is InChI=1S/C16H23N5O2/c1-13(14-5-3-4-6-17-14)21-9-7-20(8-10-21)11-16-18-15(12-22-2)19-23-16/h3-6,13H,7-12H2,1-2H3/t13-/m0/s1.